The zero-order chi connectivity index (χ0) is 18.3. The smallest absolute Gasteiger partial charge is 0.261 e. The van der Waals surface area contributed by atoms with E-state index in [1.54, 1.807) is 5.06 Å². The zero-order valence-corrected chi connectivity index (χ0v) is 15.7. The average Bonchev–Trinajstić information content (AvgIpc) is 3.14. The van der Waals surface area contributed by atoms with Crippen LogP contribution in [-0.2, 0) is 14.4 Å². The van der Waals surface area contributed by atoms with Crippen LogP contribution in [0.25, 0.3) is 6.08 Å². The molecular weight excluding hydrogens is 396 g/mol. The van der Waals surface area contributed by atoms with Crippen molar-refractivity contribution in [3.8, 4) is 0 Å². The molecule has 2 aliphatic heterocycles. The van der Waals surface area contributed by atoms with Crippen LogP contribution in [0.1, 0.15) is 5.56 Å². The summed E-state index contributed by atoms with van der Waals surface area (Å²) in [6.45, 7) is 0. The highest BCUT2D eigenvalue weighted by Crippen LogP contribution is 2.39. The summed E-state index contributed by atoms with van der Waals surface area (Å²) >= 11 is 3.42. The van der Waals surface area contributed by atoms with Gasteiger partial charge in [-0.1, -0.05) is 58.4 Å². The Kier molecular flexibility index (Phi) is 4.38. The molecule has 2 heterocycles. The van der Waals surface area contributed by atoms with Crippen LogP contribution < -0.4 is 5.06 Å². The number of hydroxylamine groups is 1. The van der Waals surface area contributed by atoms with Crippen LogP contribution in [0.3, 0.4) is 0 Å². The summed E-state index contributed by atoms with van der Waals surface area (Å²) in [7, 11) is 1.51. The molecule has 2 fully saturated rings. The fraction of sp³-hybridized carbons (Fsp3) is 0.200. The third kappa shape index (κ3) is 2.85. The molecule has 0 aromatic heterocycles. The topological polar surface area (TPSA) is 49.9 Å². The van der Waals surface area contributed by atoms with Crippen LogP contribution >= 0.6 is 15.9 Å². The van der Waals surface area contributed by atoms with Crippen LogP contribution in [0.15, 0.2) is 65.1 Å². The Bertz CT molecular complexity index is 866. The quantitative estimate of drug-likeness (QED) is 0.725. The SMILES string of the molecule is CN1C(=O)[C@@H]2[C@@H](ON(c3ccc(Br)cc3)[C@H]2/C=C/c2ccccc2)C1=O. The Morgan fingerprint density at radius 1 is 1.00 bits per heavy atom. The van der Waals surface area contributed by atoms with E-state index < -0.39 is 12.0 Å². The summed E-state index contributed by atoms with van der Waals surface area (Å²) in [5.41, 5.74) is 1.82. The first-order valence-electron chi connectivity index (χ1n) is 8.32. The maximum Gasteiger partial charge on any atom is 0.261 e. The van der Waals surface area contributed by atoms with E-state index in [2.05, 4.69) is 15.9 Å². The van der Waals surface area contributed by atoms with E-state index >= 15 is 0 Å². The minimum absolute atomic E-state index is 0.206. The predicted molar refractivity (Wildman–Crippen MR) is 102 cm³/mol. The van der Waals surface area contributed by atoms with E-state index in [0.29, 0.717) is 0 Å². The van der Waals surface area contributed by atoms with E-state index in [1.165, 1.54) is 7.05 Å². The van der Waals surface area contributed by atoms with Crippen molar-refractivity contribution in [2.24, 2.45) is 5.92 Å². The van der Waals surface area contributed by atoms with E-state index in [4.69, 9.17) is 4.84 Å². The molecule has 2 aliphatic rings. The number of anilines is 1. The van der Waals surface area contributed by atoms with Crippen molar-refractivity contribution in [3.63, 3.8) is 0 Å². The molecule has 0 bridgehead atoms. The largest absolute Gasteiger partial charge is 0.283 e. The first kappa shape index (κ1) is 17.0. The number of hydrogen-bond donors (Lipinski definition) is 0. The molecule has 2 saturated heterocycles. The van der Waals surface area contributed by atoms with Crippen molar-refractivity contribution in [2.45, 2.75) is 12.1 Å². The molecule has 0 aliphatic carbocycles. The molecule has 2 aromatic carbocycles. The summed E-state index contributed by atoms with van der Waals surface area (Å²) in [5, 5.41) is 1.67. The summed E-state index contributed by atoms with van der Waals surface area (Å²) in [6.07, 6.45) is 3.12. The van der Waals surface area contributed by atoms with Gasteiger partial charge in [-0.15, -0.1) is 0 Å². The maximum atomic E-state index is 12.6. The lowest BCUT2D eigenvalue weighted by atomic mass is 9.95. The standard InChI is InChI=1S/C20H17BrN2O3/c1-22-19(24)17-16(12-7-13-5-3-2-4-6-13)23(26-18(17)20(22)25)15-10-8-14(21)9-11-15/h2-12,16-18H,1H3/b12-7+/t16-,17-,18+/m0/s1. The molecule has 2 aromatic rings. The Balaban J connectivity index is 1.71. The van der Waals surface area contributed by atoms with Crippen molar-refractivity contribution in [1.82, 2.24) is 4.90 Å². The van der Waals surface area contributed by atoms with E-state index in [0.717, 1.165) is 20.6 Å². The predicted octanol–water partition coefficient (Wildman–Crippen LogP) is 3.27. The normalized spacial score (nSPS) is 25.4. The highest BCUT2D eigenvalue weighted by Gasteiger charge is 2.57. The van der Waals surface area contributed by atoms with Gasteiger partial charge in [-0.3, -0.25) is 19.3 Å². The van der Waals surface area contributed by atoms with Gasteiger partial charge in [0.25, 0.3) is 5.91 Å². The van der Waals surface area contributed by atoms with Crippen LogP contribution in [0, 0.1) is 5.92 Å². The number of hydrogen-bond acceptors (Lipinski definition) is 4. The summed E-state index contributed by atoms with van der Waals surface area (Å²) in [5.74, 6) is -1.05. The molecule has 0 N–H and O–H groups in total. The van der Waals surface area contributed by atoms with Crippen LogP contribution in [-0.4, -0.2) is 35.9 Å². The van der Waals surface area contributed by atoms with Gasteiger partial charge in [0.1, 0.15) is 5.92 Å². The number of carbonyl (C=O) groups excluding carboxylic acids is 2. The minimum atomic E-state index is -0.776. The van der Waals surface area contributed by atoms with Crippen LogP contribution in [0.2, 0.25) is 0 Å². The third-order valence-corrected chi connectivity index (χ3v) is 5.28. The minimum Gasteiger partial charge on any atom is -0.283 e. The van der Waals surface area contributed by atoms with Gasteiger partial charge in [0.05, 0.1) is 11.7 Å². The fourth-order valence-corrected chi connectivity index (χ4v) is 3.64. The lowest BCUT2D eigenvalue weighted by molar-refractivity contribution is -0.141. The van der Waals surface area contributed by atoms with E-state index in [9.17, 15) is 9.59 Å². The van der Waals surface area contributed by atoms with Crippen molar-refractivity contribution in [2.75, 3.05) is 12.1 Å². The summed E-state index contributed by atoms with van der Waals surface area (Å²) < 4.78 is 0.948. The average molecular weight is 413 g/mol. The first-order chi connectivity index (χ1) is 12.6. The third-order valence-electron chi connectivity index (χ3n) is 4.75. The Morgan fingerprint density at radius 2 is 1.69 bits per heavy atom. The lowest BCUT2D eigenvalue weighted by Gasteiger charge is -2.25. The number of halogens is 1. The number of likely N-dealkylation sites (tertiary alicyclic amines) is 1. The number of fused-ring (bicyclic) bond motifs is 1. The number of amides is 2. The molecule has 4 rings (SSSR count). The van der Waals surface area contributed by atoms with Crippen LogP contribution in [0.5, 0.6) is 0 Å². The summed E-state index contributed by atoms with van der Waals surface area (Å²) in [4.78, 5) is 32.1. The van der Waals surface area contributed by atoms with E-state index in [-0.39, 0.29) is 17.9 Å². The Labute approximate surface area is 159 Å². The number of imide groups is 1. The van der Waals surface area contributed by atoms with Gasteiger partial charge < -0.3 is 0 Å². The van der Waals surface area contributed by atoms with Gasteiger partial charge in [0.2, 0.25) is 5.91 Å². The molecule has 2 amide bonds. The number of carbonyl (C=O) groups is 2. The van der Waals surface area contributed by atoms with Gasteiger partial charge in [0.15, 0.2) is 6.10 Å². The van der Waals surface area contributed by atoms with Gasteiger partial charge in [-0.25, -0.2) is 5.06 Å². The number of nitrogens with zero attached hydrogens (tertiary/aromatic N) is 2. The lowest BCUT2D eigenvalue weighted by Crippen LogP contribution is -2.37. The number of benzene rings is 2. The highest BCUT2D eigenvalue weighted by molar-refractivity contribution is 9.10. The van der Waals surface area contributed by atoms with Crippen molar-refractivity contribution in [1.29, 1.82) is 0 Å². The Morgan fingerprint density at radius 3 is 2.38 bits per heavy atom. The van der Waals surface area contributed by atoms with Crippen molar-refractivity contribution in [3.05, 3.63) is 70.7 Å². The molecule has 0 unspecified atom stereocenters. The first-order valence-corrected chi connectivity index (χ1v) is 9.12. The van der Waals surface area contributed by atoms with Crippen molar-refractivity contribution >= 4 is 39.5 Å². The van der Waals surface area contributed by atoms with Gasteiger partial charge >= 0.3 is 0 Å². The van der Waals surface area contributed by atoms with Crippen molar-refractivity contribution < 1.29 is 14.4 Å². The molecule has 26 heavy (non-hydrogen) atoms. The highest BCUT2D eigenvalue weighted by atomic mass is 79.9. The molecule has 0 radical (unpaired) electrons. The van der Waals surface area contributed by atoms with Gasteiger partial charge in [-0.05, 0) is 29.8 Å². The molecule has 6 heteroatoms. The molecule has 5 nitrogen and oxygen atoms in total. The number of likely N-dealkylation sites (N-methyl/N-ethyl adjacent to an activating group) is 1. The van der Waals surface area contributed by atoms with Crippen LogP contribution in [0.4, 0.5) is 5.69 Å². The Hall–Kier alpha value is -2.44. The fourth-order valence-electron chi connectivity index (χ4n) is 3.37. The maximum absolute atomic E-state index is 12.6. The second-order valence-electron chi connectivity index (χ2n) is 6.35. The van der Waals surface area contributed by atoms with Gasteiger partial charge in [-0.2, -0.15) is 0 Å². The molecule has 132 valence electrons. The second kappa shape index (κ2) is 6.70. The monoisotopic (exact) mass is 412 g/mol. The number of rotatable bonds is 3. The zero-order valence-electron chi connectivity index (χ0n) is 14.1. The molecule has 0 spiro atoms. The second-order valence-corrected chi connectivity index (χ2v) is 7.27. The summed E-state index contributed by atoms with van der Waals surface area (Å²) in [6, 6.07) is 17.1. The molecular formula is C20H17BrN2O3. The van der Waals surface area contributed by atoms with Gasteiger partial charge in [0, 0.05) is 11.5 Å². The molecule has 3 atom stereocenters. The van der Waals surface area contributed by atoms with E-state index in [1.807, 2.05) is 66.7 Å². The molecule has 0 saturated carbocycles.